The first-order valence-electron chi connectivity index (χ1n) is 7.26. The molecule has 2 amide bonds. The topological polar surface area (TPSA) is 76.0 Å². The van der Waals surface area contributed by atoms with Gasteiger partial charge < -0.3 is 9.64 Å². The van der Waals surface area contributed by atoms with Crippen molar-refractivity contribution in [2.45, 2.75) is 18.8 Å². The fourth-order valence-electron chi connectivity index (χ4n) is 2.20. The number of alkyl halides is 1. The summed E-state index contributed by atoms with van der Waals surface area (Å²) in [5.41, 5.74) is 2.07. The average molecular weight is 349 g/mol. The van der Waals surface area contributed by atoms with E-state index in [0.717, 1.165) is 11.1 Å². The van der Waals surface area contributed by atoms with E-state index >= 15 is 0 Å². The first-order chi connectivity index (χ1) is 11.4. The van der Waals surface area contributed by atoms with E-state index in [4.69, 9.17) is 11.6 Å². The van der Waals surface area contributed by atoms with Crippen LogP contribution in [0.3, 0.4) is 0 Å². The van der Waals surface area contributed by atoms with Crippen molar-refractivity contribution < 1.29 is 19.1 Å². The van der Waals surface area contributed by atoms with Gasteiger partial charge >= 0.3 is 5.97 Å². The summed E-state index contributed by atoms with van der Waals surface area (Å²) in [4.78, 5) is 40.6. The molecule has 1 heterocycles. The first kappa shape index (κ1) is 17.9. The molecule has 0 saturated carbocycles. The number of esters is 1. The normalized spacial score (nSPS) is 16.5. The molecule has 1 aromatic rings. The maximum absolute atomic E-state index is 12.7. The van der Waals surface area contributed by atoms with E-state index < -0.39 is 23.2 Å². The van der Waals surface area contributed by atoms with Gasteiger partial charge in [-0.3, -0.25) is 14.4 Å². The van der Waals surface area contributed by atoms with Crippen LogP contribution in [-0.4, -0.2) is 47.9 Å². The van der Waals surface area contributed by atoms with Gasteiger partial charge in [-0.15, -0.1) is 11.6 Å². The number of hydrogen-bond donors (Lipinski definition) is 0. The van der Waals surface area contributed by atoms with Gasteiger partial charge in [-0.25, -0.2) is 4.99 Å². The second-order valence-electron chi connectivity index (χ2n) is 5.28. The number of methoxy groups -OCH3 is 1. The monoisotopic (exact) mass is 348 g/mol. The highest BCUT2D eigenvalue weighted by molar-refractivity contribution is 6.35. The molecule has 1 aliphatic rings. The Morgan fingerprint density at radius 2 is 2.04 bits per heavy atom. The Hall–Kier alpha value is -2.47. The van der Waals surface area contributed by atoms with Crippen LogP contribution in [0.4, 0.5) is 0 Å². The standard InChI is InChI=1S/C17H17ClN2O4/c1-11-5-3-4-6-12(11)9-20(10-15(21)24-2)17(23)13-7-14(18)16(22)19-8-13/h3-8,14H,9-10H2,1-2H3. The maximum Gasteiger partial charge on any atom is 0.325 e. The van der Waals surface area contributed by atoms with Crippen LogP contribution in [0.15, 0.2) is 40.9 Å². The number of rotatable bonds is 5. The number of ether oxygens (including phenoxy) is 1. The molecule has 0 bridgehead atoms. The molecule has 126 valence electrons. The van der Waals surface area contributed by atoms with Crippen molar-refractivity contribution in [2.24, 2.45) is 4.99 Å². The lowest BCUT2D eigenvalue weighted by Gasteiger charge is -2.23. The summed E-state index contributed by atoms with van der Waals surface area (Å²) in [7, 11) is 1.26. The van der Waals surface area contributed by atoms with Crippen LogP contribution in [0.25, 0.3) is 0 Å². The molecule has 6 nitrogen and oxygen atoms in total. The number of nitrogens with zero attached hydrogens (tertiary/aromatic N) is 2. The van der Waals surface area contributed by atoms with Gasteiger partial charge in [-0.2, -0.15) is 0 Å². The zero-order valence-electron chi connectivity index (χ0n) is 13.4. The van der Waals surface area contributed by atoms with Crippen LogP contribution >= 0.6 is 11.6 Å². The predicted octanol–water partition coefficient (Wildman–Crippen LogP) is 1.64. The van der Waals surface area contributed by atoms with Gasteiger partial charge in [-0.1, -0.05) is 24.3 Å². The molecule has 0 aromatic heterocycles. The van der Waals surface area contributed by atoms with E-state index in [2.05, 4.69) is 9.73 Å². The van der Waals surface area contributed by atoms with Crippen molar-refractivity contribution in [2.75, 3.05) is 13.7 Å². The Morgan fingerprint density at radius 3 is 2.67 bits per heavy atom. The van der Waals surface area contributed by atoms with Gasteiger partial charge in [0.1, 0.15) is 11.9 Å². The van der Waals surface area contributed by atoms with Crippen molar-refractivity contribution in [3.63, 3.8) is 0 Å². The molecule has 0 spiro atoms. The average Bonchev–Trinajstić information content (AvgIpc) is 2.57. The van der Waals surface area contributed by atoms with Crippen LogP contribution < -0.4 is 0 Å². The molecule has 24 heavy (non-hydrogen) atoms. The lowest BCUT2D eigenvalue weighted by Crippen LogP contribution is -2.38. The van der Waals surface area contributed by atoms with Crippen LogP contribution in [0.5, 0.6) is 0 Å². The maximum atomic E-state index is 12.7. The number of aryl methyl sites for hydroxylation is 1. The van der Waals surface area contributed by atoms with Crippen LogP contribution in [0.1, 0.15) is 11.1 Å². The number of carbonyl (C=O) groups is 3. The van der Waals surface area contributed by atoms with E-state index in [1.165, 1.54) is 24.3 Å². The smallest absolute Gasteiger partial charge is 0.325 e. The molecule has 7 heteroatoms. The summed E-state index contributed by atoms with van der Waals surface area (Å²) in [6.07, 6.45) is 2.51. The molecule has 1 unspecified atom stereocenters. The molecule has 0 radical (unpaired) electrons. The van der Waals surface area contributed by atoms with Crippen molar-refractivity contribution in [3.05, 3.63) is 47.0 Å². The molecule has 0 saturated heterocycles. The number of halogens is 1. The number of carbonyl (C=O) groups excluding carboxylic acids is 3. The van der Waals surface area contributed by atoms with Crippen LogP contribution in [0, 0.1) is 6.92 Å². The summed E-state index contributed by atoms with van der Waals surface area (Å²) in [5, 5.41) is -0.979. The lowest BCUT2D eigenvalue weighted by atomic mass is 10.1. The minimum absolute atomic E-state index is 0.173. The third kappa shape index (κ3) is 4.29. The second kappa shape index (κ2) is 7.88. The first-order valence-corrected chi connectivity index (χ1v) is 7.70. The van der Waals surface area contributed by atoms with Crippen LogP contribution in [0.2, 0.25) is 0 Å². The van der Waals surface area contributed by atoms with Crippen molar-refractivity contribution in [1.82, 2.24) is 4.90 Å². The van der Waals surface area contributed by atoms with Crippen molar-refractivity contribution in [1.29, 1.82) is 0 Å². The quantitative estimate of drug-likeness (QED) is 0.599. The molecule has 1 aromatic carbocycles. The minimum atomic E-state index is -0.979. The van der Waals surface area contributed by atoms with Gasteiger partial charge in [0, 0.05) is 12.8 Å². The fraction of sp³-hybridized carbons (Fsp3) is 0.294. The Labute approximate surface area is 144 Å². The Morgan fingerprint density at radius 1 is 1.33 bits per heavy atom. The summed E-state index contributed by atoms with van der Waals surface area (Å²) in [5.74, 6) is -1.50. The van der Waals surface area contributed by atoms with Gasteiger partial charge in [0.25, 0.3) is 11.8 Å². The van der Waals surface area contributed by atoms with Crippen molar-refractivity contribution >= 4 is 35.6 Å². The highest BCUT2D eigenvalue weighted by atomic mass is 35.5. The number of dihydropyridines is 1. The summed E-state index contributed by atoms with van der Waals surface area (Å²) >= 11 is 5.83. The van der Waals surface area contributed by atoms with E-state index in [-0.39, 0.29) is 18.7 Å². The molecule has 0 N–H and O–H groups in total. The Balaban J connectivity index is 2.26. The zero-order valence-corrected chi connectivity index (χ0v) is 14.1. The van der Waals surface area contributed by atoms with Gasteiger partial charge in [0.15, 0.2) is 0 Å². The summed E-state index contributed by atoms with van der Waals surface area (Å²) in [6, 6.07) is 7.55. The van der Waals surface area contributed by atoms with Crippen molar-refractivity contribution in [3.8, 4) is 0 Å². The molecule has 0 fully saturated rings. The molecule has 0 aliphatic carbocycles. The summed E-state index contributed by atoms with van der Waals surface area (Å²) in [6.45, 7) is 1.94. The largest absolute Gasteiger partial charge is 0.468 e. The summed E-state index contributed by atoms with van der Waals surface area (Å²) < 4.78 is 4.66. The molecule has 1 atom stereocenters. The fourth-order valence-corrected chi connectivity index (χ4v) is 2.39. The van der Waals surface area contributed by atoms with E-state index in [9.17, 15) is 14.4 Å². The van der Waals surface area contributed by atoms with Crippen LogP contribution in [-0.2, 0) is 25.7 Å². The Bertz CT molecular complexity index is 727. The number of benzene rings is 1. The third-order valence-electron chi connectivity index (χ3n) is 3.60. The van der Waals surface area contributed by atoms with Gasteiger partial charge in [-0.05, 0) is 24.1 Å². The molecule has 1 aliphatic heterocycles. The van der Waals surface area contributed by atoms with Gasteiger partial charge in [0.05, 0.1) is 12.7 Å². The zero-order chi connectivity index (χ0) is 17.7. The molecule has 2 rings (SSSR count). The number of amides is 2. The number of hydrogen-bond acceptors (Lipinski definition) is 4. The molecular weight excluding hydrogens is 332 g/mol. The Kier molecular flexibility index (Phi) is 5.87. The van der Waals surface area contributed by atoms with Gasteiger partial charge in [0.2, 0.25) is 0 Å². The lowest BCUT2D eigenvalue weighted by molar-refractivity contribution is -0.146. The minimum Gasteiger partial charge on any atom is -0.468 e. The highest BCUT2D eigenvalue weighted by Gasteiger charge is 2.25. The molecular formula is C17H17ClN2O4. The predicted molar refractivity (Wildman–Crippen MR) is 89.8 cm³/mol. The second-order valence-corrected chi connectivity index (χ2v) is 5.75. The number of aliphatic imine (C=N–C) groups is 1. The SMILES string of the molecule is COC(=O)CN(Cc1ccccc1C)C(=O)C1=CC(Cl)C(=O)N=C1. The van der Waals surface area contributed by atoms with E-state index in [1.54, 1.807) is 0 Å². The van der Waals surface area contributed by atoms with E-state index in [1.807, 2.05) is 31.2 Å². The van der Waals surface area contributed by atoms with E-state index in [0.29, 0.717) is 0 Å². The highest BCUT2D eigenvalue weighted by Crippen LogP contribution is 2.16. The third-order valence-corrected chi connectivity index (χ3v) is 3.91.